The van der Waals surface area contributed by atoms with E-state index in [-0.39, 0.29) is 17.1 Å². The fourth-order valence-corrected chi connectivity index (χ4v) is 4.05. The molecule has 0 fully saturated rings. The molecule has 27 heavy (non-hydrogen) atoms. The van der Waals surface area contributed by atoms with Crippen LogP contribution in [-0.4, -0.2) is 31.3 Å². The summed E-state index contributed by atoms with van der Waals surface area (Å²) in [6.45, 7) is 0. The standard InChI is InChI=1S/C16H11Br2N5O3S/c17-10-6-12(18)15(13(7-10)23(25)26)20-14(24)8-27-16-19-9-22(21-16)11-4-2-1-3-5-11/h1-7,9H,8H2,(H,20,24). The van der Waals surface area contributed by atoms with Crippen LogP contribution in [0.25, 0.3) is 5.69 Å². The topological polar surface area (TPSA) is 103 Å². The van der Waals surface area contributed by atoms with Gasteiger partial charge in [0.05, 0.1) is 16.4 Å². The van der Waals surface area contributed by atoms with Gasteiger partial charge in [-0.15, -0.1) is 5.10 Å². The number of nitrogens with one attached hydrogen (secondary N) is 1. The van der Waals surface area contributed by atoms with Crippen molar-refractivity contribution in [1.29, 1.82) is 0 Å². The Morgan fingerprint density at radius 3 is 2.70 bits per heavy atom. The van der Waals surface area contributed by atoms with Crippen molar-refractivity contribution in [2.24, 2.45) is 0 Å². The number of carbonyl (C=O) groups excluding carboxylic acids is 1. The van der Waals surface area contributed by atoms with Gasteiger partial charge in [-0.2, -0.15) is 0 Å². The normalized spacial score (nSPS) is 10.6. The second-order valence-corrected chi connectivity index (χ2v) is 7.90. The monoisotopic (exact) mass is 511 g/mol. The van der Waals surface area contributed by atoms with Crippen LogP contribution in [-0.2, 0) is 4.79 Å². The molecule has 0 unspecified atom stereocenters. The van der Waals surface area contributed by atoms with E-state index in [1.165, 1.54) is 6.07 Å². The number of nitro benzene ring substituents is 1. The number of nitrogens with zero attached hydrogens (tertiary/aromatic N) is 4. The van der Waals surface area contributed by atoms with Crippen molar-refractivity contribution in [2.75, 3.05) is 11.1 Å². The summed E-state index contributed by atoms with van der Waals surface area (Å²) >= 11 is 7.57. The number of para-hydroxylation sites is 1. The van der Waals surface area contributed by atoms with E-state index in [0.29, 0.717) is 14.1 Å². The lowest BCUT2D eigenvalue weighted by atomic mass is 10.2. The van der Waals surface area contributed by atoms with Gasteiger partial charge in [0.25, 0.3) is 5.69 Å². The first-order valence-electron chi connectivity index (χ1n) is 7.47. The summed E-state index contributed by atoms with van der Waals surface area (Å²) in [6.07, 6.45) is 1.56. The zero-order valence-electron chi connectivity index (χ0n) is 13.5. The molecule has 0 bridgehead atoms. The van der Waals surface area contributed by atoms with E-state index in [1.807, 2.05) is 30.3 Å². The van der Waals surface area contributed by atoms with Crippen molar-refractivity contribution in [1.82, 2.24) is 14.8 Å². The lowest BCUT2D eigenvalue weighted by Crippen LogP contribution is -2.15. The number of rotatable bonds is 6. The van der Waals surface area contributed by atoms with Crippen molar-refractivity contribution in [3.63, 3.8) is 0 Å². The Morgan fingerprint density at radius 2 is 2.00 bits per heavy atom. The number of carbonyl (C=O) groups is 1. The van der Waals surface area contributed by atoms with Gasteiger partial charge in [-0.1, -0.05) is 45.9 Å². The number of benzene rings is 2. The van der Waals surface area contributed by atoms with Crippen LogP contribution in [0.15, 0.2) is 62.9 Å². The molecule has 0 radical (unpaired) electrons. The minimum Gasteiger partial charge on any atom is -0.319 e. The number of halogens is 2. The molecule has 1 aromatic heterocycles. The van der Waals surface area contributed by atoms with Crippen molar-refractivity contribution in [3.8, 4) is 5.69 Å². The van der Waals surface area contributed by atoms with Crippen LogP contribution in [0.1, 0.15) is 0 Å². The second-order valence-electron chi connectivity index (χ2n) is 5.18. The maximum Gasteiger partial charge on any atom is 0.295 e. The summed E-state index contributed by atoms with van der Waals surface area (Å²) < 4.78 is 2.55. The summed E-state index contributed by atoms with van der Waals surface area (Å²) in [4.78, 5) is 27.0. The van der Waals surface area contributed by atoms with Gasteiger partial charge in [-0.25, -0.2) is 9.67 Å². The number of nitro groups is 1. The third-order valence-electron chi connectivity index (χ3n) is 3.32. The molecule has 2 aromatic carbocycles. The molecule has 3 rings (SSSR count). The number of anilines is 1. The van der Waals surface area contributed by atoms with Gasteiger partial charge in [-0.05, 0) is 34.1 Å². The third-order valence-corrected chi connectivity index (χ3v) is 5.25. The Hall–Kier alpha value is -2.24. The molecule has 1 heterocycles. The van der Waals surface area contributed by atoms with Crippen molar-refractivity contribution >= 4 is 60.9 Å². The van der Waals surface area contributed by atoms with Gasteiger partial charge in [0.2, 0.25) is 11.1 Å². The van der Waals surface area contributed by atoms with Crippen LogP contribution in [0.2, 0.25) is 0 Å². The number of hydrogen-bond donors (Lipinski definition) is 1. The molecule has 0 aliphatic rings. The summed E-state index contributed by atoms with van der Waals surface area (Å²) in [5.41, 5.74) is 0.758. The summed E-state index contributed by atoms with van der Waals surface area (Å²) in [5, 5.41) is 18.5. The van der Waals surface area contributed by atoms with Gasteiger partial charge in [0, 0.05) is 15.0 Å². The molecule has 0 spiro atoms. The van der Waals surface area contributed by atoms with Crippen molar-refractivity contribution < 1.29 is 9.72 Å². The van der Waals surface area contributed by atoms with Crippen LogP contribution in [0.3, 0.4) is 0 Å². The van der Waals surface area contributed by atoms with Gasteiger partial charge in [0.1, 0.15) is 12.0 Å². The van der Waals surface area contributed by atoms with E-state index in [1.54, 1.807) is 17.1 Å². The van der Waals surface area contributed by atoms with Crippen LogP contribution in [0.4, 0.5) is 11.4 Å². The fourth-order valence-electron chi connectivity index (χ4n) is 2.15. The molecular formula is C16H11Br2N5O3S. The smallest absolute Gasteiger partial charge is 0.295 e. The first-order valence-corrected chi connectivity index (χ1v) is 10.0. The molecule has 0 aliphatic heterocycles. The van der Waals surface area contributed by atoms with Crippen molar-refractivity contribution in [2.45, 2.75) is 5.16 Å². The molecule has 1 N–H and O–H groups in total. The quantitative estimate of drug-likeness (QED) is 0.297. The zero-order valence-corrected chi connectivity index (χ0v) is 17.5. The lowest BCUT2D eigenvalue weighted by molar-refractivity contribution is -0.384. The molecule has 8 nitrogen and oxygen atoms in total. The Morgan fingerprint density at radius 1 is 1.26 bits per heavy atom. The lowest BCUT2D eigenvalue weighted by Gasteiger charge is -2.08. The molecule has 138 valence electrons. The number of amides is 1. The van der Waals surface area contributed by atoms with Crippen LogP contribution in [0, 0.1) is 10.1 Å². The van der Waals surface area contributed by atoms with Crippen LogP contribution >= 0.6 is 43.6 Å². The first-order chi connectivity index (χ1) is 12.9. The van der Waals surface area contributed by atoms with E-state index < -0.39 is 10.8 Å². The Bertz CT molecular complexity index is 997. The molecule has 0 saturated heterocycles. The fraction of sp³-hybridized carbons (Fsp3) is 0.0625. The molecule has 0 atom stereocenters. The van der Waals surface area contributed by atoms with E-state index in [0.717, 1.165) is 17.4 Å². The van der Waals surface area contributed by atoms with E-state index in [9.17, 15) is 14.9 Å². The Labute approximate surface area is 174 Å². The minimum absolute atomic E-state index is 0.0124. The largest absolute Gasteiger partial charge is 0.319 e. The summed E-state index contributed by atoms with van der Waals surface area (Å²) in [6, 6.07) is 12.4. The highest BCUT2D eigenvalue weighted by Gasteiger charge is 2.20. The highest BCUT2D eigenvalue weighted by molar-refractivity contribution is 9.11. The highest BCUT2D eigenvalue weighted by atomic mass is 79.9. The number of aromatic nitrogens is 3. The van der Waals surface area contributed by atoms with E-state index in [4.69, 9.17) is 0 Å². The molecule has 3 aromatic rings. The minimum atomic E-state index is -0.554. The maximum absolute atomic E-state index is 12.2. The van der Waals surface area contributed by atoms with Crippen molar-refractivity contribution in [3.05, 3.63) is 67.9 Å². The Kier molecular flexibility index (Phi) is 6.24. The zero-order chi connectivity index (χ0) is 19.4. The van der Waals surface area contributed by atoms with Crippen LogP contribution < -0.4 is 5.32 Å². The maximum atomic E-state index is 12.2. The Balaban J connectivity index is 1.66. The van der Waals surface area contributed by atoms with Gasteiger partial charge in [-0.3, -0.25) is 14.9 Å². The van der Waals surface area contributed by atoms with Gasteiger partial charge < -0.3 is 5.32 Å². The molecule has 11 heteroatoms. The van der Waals surface area contributed by atoms with Gasteiger partial charge in [0.15, 0.2) is 0 Å². The highest BCUT2D eigenvalue weighted by Crippen LogP contribution is 2.36. The second kappa shape index (κ2) is 8.63. The molecule has 1 amide bonds. The molecule has 0 aliphatic carbocycles. The molecule has 0 saturated carbocycles. The molecular weight excluding hydrogens is 502 g/mol. The van der Waals surface area contributed by atoms with Crippen LogP contribution in [0.5, 0.6) is 0 Å². The first kappa shape index (κ1) is 19.5. The summed E-state index contributed by atoms with van der Waals surface area (Å²) in [5.74, 6) is -0.388. The average molecular weight is 513 g/mol. The predicted molar refractivity (Wildman–Crippen MR) is 109 cm³/mol. The average Bonchev–Trinajstić information content (AvgIpc) is 3.11. The number of thioether (sulfide) groups is 1. The SMILES string of the molecule is O=C(CSc1ncn(-c2ccccc2)n1)Nc1c(Br)cc(Br)cc1[N+](=O)[O-]. The van der Waals surface area contributed by atoms with E-state index >= 15 is 0 Å². The predicted octanol–water partition coefficient (Wildman–Crippen LogP) is 4.43. The van der Waals surface area contributed by atoms with Gasteiger partial charge >= 0.3 is 0 Å². The summed E-state index contributed by atoms with van der Waals surface area (Å²) in [7, 11) is 0. The van der Waals surface area contributed by atoms with E-state index in [2.05, 4.69) is 47.3 Å². The number of hydrogen-bond acceptors (Lipinski definition) is 6. The third kappa shape index (κ3) is 4.93.